The molecule has 0 fully saturated rings. The van der Waals surface area contributed by atoms with E-state index in [1.54, 1.807) is 6.07 Å². The number of phenols is 1. The summed E-state index contributed by atoms with van der Waals surface area (Å²) in [6.07, 6.45) is 3.86. The summed E-state index contributed by atoms with van der Waals surface area (Å²) in [5.41, 5.74) is 6.10. The van der Waals surface area contributed by atoms with Gasteiger partial charge in [-0.1, -0.05) is 0 Å². The summed E-state index contributed by atoms with van der Waals surface area (Å²) < 4.78 is 2.17. The molecule has 0 aliphatic heterocycles. The molecule has 0 atom stereocenters. The Hall–Kier alpha value is -2.29. The van der Waals surface area contributed by atoms with Crippen molar-refractivity contribution in [3.63, 3.8) is 0 Å². The number of hydrogen-bond donors (Lipinski definition) is 1. The van der Waals surface area contributed by atoms with Gasteiger partial charge >= 0.3 is 0 Å². The molecule has 4 rings (SSSR count). The van der Waals surface area contributed by atoms with E-state index in [4.69, 9.17) is 0 Å². The summed E-state index contributed by atoms with van der Waals surface area (Å²) in [6.45, 7) is 0. The molecule has 0 bridgehead atoms. The summed E-state index contributed by atoms with van der Waals surface area (Å²) in [5, 5.41) is 10.9. The molecule has 3 heteroatoms. The van der Waals surface area contributed by atoms with Crippen LogP contribution in [-0.2, 0) is 19.9 Å². The largest absolute Gasteiger partial charge is 0.508 e. The highest BCUT2D eigenvalue weighted by Crippen LogP contribution is 2.39. The van der Waals surface area contributed by atoms with E-state index in [0.29, 0.717) is 5.75 Å². The van der Waals surface area contributed by atoms with Gasteiger partial charge in [0.05, 0.1) is 11.2 Å². The minimum Gasteiger partial charge on any atom is -0.508 e. The highest BCUT2D eigenvalue weighted by Gasteiger charge is 2.23. The van der Waals surface area contributed by atoms with Gasteiger partial charge in [0.2, 0.25) is 0 Å². The van der Waals surface area contributed by atoms with Crippen molar-refractivity contribution >= 4 is 10.9 Å². The van der Waals surface area contributed by atoms with Gasteiger partial charge < -0.3 is 9.67 Å². The second kappa shape index (κ2) is 3.60. The molecule has 0 radical (unpaired) electrons. The van der Waals surface area contributed by atoms with Gasteiger partial charge in [-0.3, -0.25) is 4.98 Å². The first-order chi connectivity index (χ1) is 9.25. The summed E-state index contributed by atoms with van der Waals surface area (Å²) in [6, 6.07) is 9.75. The number of pyridine rings is 1. The van der Waals surface area contributed by atoms with Crippen LogP contribution in [0.2, 0.25) is 0 Å². The van der Waals surface area contributed by atoms with Gasteiger partial charge in [-0.2, -0.15) is 0 Å². The standard InChI is InChI=1S/C16H14N2O/c1-18-15-9-10(19)4-5-11(15)12-6-7-14-13(16(12)18)3-2-8-17-14/h2-5,8-9,19H,6-7H2,1H3. The molecule has 3 nitrogen and oxygen atoms in total. The maximum Gasteiger partial charge on any atom is 0.117 e. The second-order valence-corrected chi connectivity index (χ2v) is 5.09. The van der Waals surface area contributed by atoms with Crippen LogP contribution in [0.5, 0.6) is 5.75 Å². The zero-order valence-corrected chi connectivity index (χ0v) is 10.7. The fourth-order valence-corrected chi connectivity index (χ4v) is 3.20. The molecule has 94 valence electrons. The molecule has 3 aromatic rings. The van der Waals surface area contributed by atoms with Crippen molar-refractivity contribution in [2.75, 3.05) is 0 Å². The van der Waals surface area contributed by atoms with Crippen molar-refractivity contribution in [1.82, 2.24) is 9.55 Å². The molecule has 1 aromatic carbocycles. The lowest BCUT2D eigenvalue weighted by atomic mass is 9.92. The Morgan fingerprint density at radius 1 is 1.21 bits per heavy atom. The highest BCUT2D eigenvalue weighted by atomic mass is 16.3. The summed E-state index contributed by atoms with van der Waals surface area (Å²) >= 11 is 0. The maximum atomic E-state index is 9.69. The van der Waals surface area contributed by atoms with E-state index in [2.05, 4.69) is 22.7 Å². The monoisotopic (exact) mass is 250 g/mol. The van der Waals surface area contributed by atoms with Crippen molar-refractivity contribution < 1.29 is 5.11 Å². The number of fused-ring (bicyclic) bond motifs is 5. The van der Waals surface area contributed by atoms with Crippen LogP contribution in [0.4, 0.5) is 0 Å². The maximum absolute atomic E-state index is 9.69. The van der Waals surface area contributed by atoms with Gasteiger partial charge in [0.1, 0.15) is 5.75 Å². The van der Waals surface area contributed by atoms with Gasteiger partial charge in [0, 0.05) is 36.0 Å². The number of nitrogens with zero attached hydrogens (tertiary/aromatic N) is 2. The first-order valence-corrected chi connectivity index (χ1v) is 6.50. The average molecular weight is 250 g/mol. The Morgan fingerprint density at radius 2 is 2.11 bits per heavy atom. The van der Waals surface area contributed by atoms with Gasteiger partial charge in [-0.25, -0.2) is 0 Å². The predicted molar refractivity (Wildman–Crippen MR) is 75.2 cm³/mol. The van der Waals surface area contributed by atoms with Crippen LogP contribution in [0.15, 0.2) is 36.5 Å². The first-order valence-electron chi connectivity index (χ1n) is 6.50. The topological polar surface area (TPSA) is 38.0 Å². The average Bonchev–Trinajstić information content (AvgIpc) is 2.72. The molecule has 0 spiro atoms. The SMILES string of the molecule is Cn1c2c(c3ccc(O)cc31)CCc1ncccc1-2. The van der Waals surface area contributed by atoms with Crippen molar-refractivity contribution in [3.8, 4) is 17.0 Å². The third kappa shape index (κ3) is 1.35. The van der Waals surface area contributed by atoms with Crippen LogP contribution in [0.1, 0.15) is 11.3 Å². The van der Waals surface area contributed by atoms with E-state index in [1.165, 1.54) is 27.9 Å². The smallest absolute Gasteiger partial charge is 0.117 e. The van der Waals surface area contributed by atoms with Crippen LogP contribution in [-0.4, -0.2) is 14.7 Å². The highest BCUT2D eigenvalue weighted by molar-refractivity contribution is 5.93. The van der Waals surface area contributed by atoms with Gasteiger partial charge in [-0.05, 0) is 42.7 Å². The minimum atomic E-state index is 0.317. The molecule has 0 amide bonds. The molecule has 19 heavy (non-hydrogen) atoms. The molecular formula is C16H14N2O. The summed E-state index contributed by atoms with van der Waals surface area (Å²) in [4.78, 5) is 4.48. The zero-order chi connectivity index (χ0) is 13.0. The van der Waals surface area contributed by atoms with Crippen LogP contribution < -0.4 is 0 Å². The molecule has 0 saturated heterocycles. The van der Waals surface area contributed by atoms with Crippen LogP contribution in [0, 0.1) is 0 Å². The number of phenolic OH excluding ortho intramolecular Hbond substituents is 1. The Morgan fingerprint density at radius 3 is 3.00 bits per heavy atom. The van der Waals surface area contributed by atoms with Gasteiger partial charge in [-0.15, -0.1) is 0 Å². The zero-order valence-electron chi connectivity index (χ0n) is 10.7. The quantitative estimate of drug-likeness (QED) is 0.666. The Kier molecular flexibility index (Phi) is 2.01. The van der Waals surface area contributed by atoms with E-state index < -0.39 is 0 Å². The number of rotatable bonds is 0. The Balaban J connectivity index is 2.14. The summed E-state index contributed by atoms with van der Waals surface area (Å²) in [5.74, 6) is 0.317. The number of aromatic hydroxyl groups is 1. The normalized spacial score (nSPS) is 13.3. The van der Waals surface area contributed by atoms with Gasteiger partial charge in [0.15, 0.2) is 0 Å². The third-order valence-corrected chi connectivity index (χ3v) is 4.05. The first kappa shape index (κ1) is 10.6. The molecule has 1 aliphatic rings. The van der Waals surface area contributed by atoms with E-state index in [-0.39, 0.29) is 0 Å². The minimum absolute atomic E-state index is 0.317. The van der Waals surface area contributed by atoms with Crippen LogP contribution >= 0.6 is 0 Å². The lowest BCUT2D eigenvalue weighted by Gasteiger charge is -2.17. The van der Waals surface area contributed by atoms with E-state index in [1.807, 2.05) is 24.4 Å². The molecular weight excluding hydrogens is 236 g/mol. The van der Waals surface area contributed by atoms with E-state index in [0.717, 1.165) is 18.4 Å². The summed E-state index contributed by atoms with van der Waals surface area (Å²) in [7, 11) is 2.06. The number of aromatic nitrogens is 2. The lowest BCUT2D eigenvalue weighted by molar-refractivity contribution is 0.476. The van der Waals surface area contributed by atoms with Gasteiger partial charge in [0.25, 0.3) is 0 Å². The van der Waals surface area contributed by atoms with Crippen molar-refractivity contribution in [2.45, 2.75) is 12.8 Å². The van der Waals surface area contributed by atoms with Crippen molar-refractivity contribution in [1.29, 1.82) is 0 Å². The van der Waals surface area contributed by atoms with E-state index >= 15 is 0 Å². The number of benzene rings is 1. The molecule has 0 saturated carbocycles. The number of aryl methyl sites for hydroxylation is 3. The number of hydrogen-bond acceptors (Lipinski definition) is 2. The third-order valence-electron chi connectivity index (χ3n) is 4.05. The Bertz CT molecular complexity index is 802. The molecule has 1 N–H and O–H groups in total. The van der Waals surface area contributed by atoms with Crippen molar-refractivity contribution in [3.05, 3.63) is 47.8 Å². The predicted octanol–water partition coefficient (Wildman–Crippen LogP) is 3.04. The van der Waals surface area contributed by atoms with Crippen molar-refractivity contribution in [2.24, 2.45) is 7.05 Å². The van der Waals surface area contributed by atoms with E-state index in [9.17, 15) is 5.11 Å². The Labute approximate surface area is 111 Å². The molecule has 1 aliphatic carbocycles. The second-order valence-electron chi connectivity index (χ2n) is 5.09. The fraction of sp³-hybridized carbons (Fsp3) is 0.188. The molecule has 2 aromatic heterocycles. The van der Waals surface area contributed by atoms with Crippen LogP contribution in [0.3, 0.4) is 0 Å². The molecule has 0 unspecified atom stereocenters. The lowest BCUT2D eigenvalue weighted by Crippen LogP contribution is -2.06. The molecule has 2 heterocycles. The fourth-order valence-electron chi connectivity index (χ4n) is 3.20. The van der Waals surface area contributed by atoms with Crippen LogP contribution in [0.25, 0.3) is 22.2 Å².